The van der Waals surface area contributed by atoms with Crippen molar-refractivity contribution in [2.24, 2.45) is 0 Å². The van der Waals surface area contributed by atoms with Crippen molar-refractivity contribution in [1.29, 1.82) is 0 Å². The van der Waals surface area contributed by atoms with Gasteiger partial charge in [0.1, 0.15) is 5.56 Å². The third-order valence-corrected chi connectivity index (χ3v) is 4.40. The minimum atomic E-state index is -4.19. The zero-order valence-corrected chi connectivity index (χ0v) is 14.5. The van der Waals surface area contributed by atoms with Crippen molar-refractivity contribution in [3.05, 3.63) is 33.9 Å². The highest BCUT2D eigenvalue weighted by molar-refractivity contribution is 5.94. The second-order valence-electron chi connectivity index (χ2n) is 6.15. The van der Waals surface area contributed by atoms with E-state index >= 15 is 0 Å². The smallest absolute Gasteiger partial charge is 0.390 e. The van der Waals surface area contributed by atoms with Gasteiger partial charge in [-0.2, -0.15) is 13.2 Å². The average molecular weight is 375 g/mol. The lowest BCUT2D eigenvalue weighted by Crippen LogP contribution is -2.52. The number of ether oxygens (including phenoxy) is 1. The molecule has 1 heterocycles. The monoisotopic (exact) mass is 375 g/mol. The maximum absolute atomic E-state index is 12.4. The molecule has 1 fully saturated rings. The number of halogens is 3. The Morgan fingerprint density at radius 1 is 1.38 bits per heavy atom. The van der Waals surface area contributed by atoms with Crippen LogP contribution in [0.4, 0.5) is 24.5 Å². The number of carbonyl (C=O) groups excluding carboxylic acids is 1. The van der Waals surface area contributed by atoms with Crippen molar-refractivity contribution in [2.45, 2.75) is 25.6 Å². The number of anilines is 1. The van der Waals surface area contributed by atoms with E-state index in [9.17, 15) is 28.1 Å². The fourth-order valence-corrected chi connectivity index (χ4v) is 2.98. The number of nitro benzene ring substituents is 1. The third-order valence-electron chi connectivity index (χ3n) is 4.40. The molecule has 1 atom stereocenters. The SMILES string of the molecule is COC(=O)c1ccc(N2CCN(CCC(F)(F)F)C(C)C2)cc1[N+](=O)[O-]. The van der Waals surface area contributed by atoms with Crippen molar-refractivity contribution in [3.63, 3.8) is 0 Å². The van der Waals surface area contributed by atoms with E-state index in [2.05, 4.69) is 4.74 Å². The van der Waals surface area contributed by atoms with Gasteiger partial charge in [-0.1, -0.05) is 0 Å². The number of nitrogens with zero attached hydrogens (tertiary/aromatic N) is 3. The summed E-state index contributed by atoms with van der Waals surface area (Å²) in [4.78, 5) is 25.8. The molecule has 0 bridgehead atoms. The number of piperazine rings is 1. The molecule has 1 unspecified atom stereocenters. The topological polar surface area (TPSA) is 75.9 Å². The molecule has 0 aliphatic carbocycles. The van der Waals surface area contributed by atoms with E-state index in [1.165, 1.54) is 12.1 Å². The number of esters is 1. The van der Waals surface area contributed by atoms with Crippen molar-refractivity contribution >= 4 is 17.3 Å². The van der Waals surface area contributed by atoms with E-state index in [4.69, 9.17) is 0 Å². The van der Waals surface area contributed by atoms with Crippen molar-refractivity contribution in [1.82, 2.24) is 4.90 Å². The van der Waals surface area contributed by atoms with E-state index < -0.39 is 23.5 Å². The Kier molecular flexibility index (Phi) is 6.06. The first-order valence-corrected chi connectivity index (χ1v) is 8.05. The Morgan fingerprint density at radius 3 is 2.62 bits per heavy atom. The van der Waals surface area contributed by atoms with Crippen LogP contribution in [0.5, 0.6) is 0 Å². The normalized spacial score (nSPS) is 18.7. The highest BCUT2D eigenvalue weighted by atomic mass is 19.4. The Morgan fingerprint density at radius 2 is 2.08 bits per heavy atom. The molecule has 1 aliphatic rings. The molecule has 7 nitrogen and oxygen atoms in total. The van der Waals surface area contributed by atoms with Crippen LogP contribution in [-0.2, 0) is 4.74 Å². The van der Waals surface area contributed by atoms with E-state index in [0.29, 0.717) is 25.3 Å². The van der Waals surface area contributed by atoms with E-state index in [1.54, 1.807) is 11.0 Å². The van der Waals surface area contributed by atoms with Crippen LogP contribution in [0.15, 0.2) is 18.2 Å². The van der Waals surface area contributed by atoms with E-state index in [1.807, 2.05) is 11.8 Å². The van der Waals surface area contributed by atoms with Gasteiger partial charge >= 0.3 is 12.1 Å². The number of rotatable bonds is 5. The highest BCUT2D eigenvalue weighted by Crippen LogP contribution is 2.28. The van der Waals surface area contributed by atoms with Crippen molar-refractivity contribution in [3.8, 4) is 0 Å². The number of hydrogen-bond donors (Lipinski definition) is 0. The molecule has 0 aromatic heterocycles. The number of alkyl halides is 3. The lowest BCUT2D eigenvalue weighted by Gasteiger charge is -2.41. The van der Waals surface area contributed by atoms with Crippen molar-refractivity contribution in [2.75, 3.05) is 38.2 Å². The van der Waals surface area contributed by atoms with Gasteiger partial charge in [0.25, 0.3) is 5.69 Å². The van der Waals surface area contributed by atoms with Crippen LogP contribution in [0.3, 0.4) is 0 Å². The van der Waals surface area contributed by atoms with Gasteiger partial charge in [-0.15, -0.1) is 0 Å². The predicted octanol–water partition coefficient (Wildman–Crippen LogP) is 2.84. The maximum atomic E-state index is 12.4. The molecule has 1 aromatic carbocycles. The number of methoxy groups -OCH3 is 1. The lowest BCUT2D eigenvalue weighted by molar-refractivity contribution is -0.385. The fourth-order valence-electron chi connectivity index (χ4n) is 2.98. The fraction of sp³-hybridized carbons (Fsp3) is 0.562. The van der Waals surface area contributed by atoms with Crippen LogP contribution in [0.25, 0.3) is 0 Å². The second-order valence-corrected chi connectivity index (χ2v) is 6.15. The number of benzene rings is 1. The largest absolute Gasteiger partial charge is 0.465 e. The highest BCUT2D eigenvalue weighted by Gasteiger charge is 2.31. The molecule has 0 saturated carbocycles. The number of carbonyl (C=O) groups is 1. The minimum Gasteiger partial charge on any atom is -0.465 e. The second kappa shape index (κ2) is 7.90. The molecule has 144 valence electrons. The first-order chi connectivity index (χ1) is 12.1. The summed E-state index contributed by atoms with van der Waals surface area (Å²) in [6.45, 7) is 3.05. The summed E-state index contributed by atoms with van der Waals surface area (Å²) in [6, 6.07) is 4.08. The predicted molar refractivity (Wildman–Crippen MR) is 88.4 cm³/mol. The molecule has 0 spiro atoms. The molecule has 1 aliphatic heterocycles. The van der Waals surface area contributed by atoms with Gasteiger partial charge in [-0.25, -0.2) is 4.79 Å². The Balaban J connectivity index is 2.12. The summed E-state index contributed by atoms with van der Waals surface area (Å²) < 4.78 is 41.7. The van der Waals surface area contributed by atoms with Gasteiger partial charge < -0.3 is 9.64 Å². The zero-order chi connectivity index (χ0) is 19.5. The van der Waals surface area contributed by atoms with Crippen LogP contribution < -0.4 is 4.90 Å². The standard InChI is InChI=1S/C16H20F3N3O4/c1-11-10-21(8-7-20(11)6-5-16(17,18)19)12-3-4-13(15(23)26-2)14(9-12)22(24)25/h3-4,9,11H,5-8,10H2,1-2H3. The Bertz CT molecular complexity index is 681. The summed E-state index contributed by atoms with van der Waals surface area (Å²) in [5.41, 5.74) is 0.0475. The van der Waals surface area contributed by atoms with Crippen LogP contribution in [0.2, 0.25) is 0 Å². The van der Waals surface area contributed by atoms with Gasteiger partial charge in [0, 0.05) is 44.0 Å². The lowest BCUT2D eigenvalue weighted by atomic mass is 10.1. The van der Waals surface area contributed by atoms with E-state index in [-0.39, 0.29) is 23.8 Å². The molecule has 0 amide bonds. The zero-order valence-electron chi connectivity index (χ0n) is 14.5. The van der Waals surface area contributed by atoms with Crippen LogP contribution in [0, 0.1) is 10.1 Å². The molecule has 26 heavy (non-hydrogen) atoms. The molecule has 10 heteroatoms. The van der Waals surface area contributed by atoms with Gasteiger partial charge in [0.2, 0.25) is 0 Å². The molecule has 0 N–H and O–H groups in total. The minimum absolute atomic E-state index is 0.0695. The molecule has 0 radical (unpaired) electrons. The van der Waals surface area contributed by atoms with Crippen LogP contribution >= 0.6 is 0 Å². The maximum Gasteiger partial charge on any atom is 0.390 e. The summed E-state index contributed by atoms with van der Waals surface area (Å²) >= 11 is 0. The molecule has 1 saturated heterocycles. The summed E-state index contributed by atoms with van der Waals surface area (Å²) in [5, 5.41) is 11.2. The van der Waals surface area contributed by atoms with Crippen LogP contribution in [-0.4, -0.2) is 61.3 Å². The van der Waals surface area contributed by atoms with Gasteiger partial charge in [0.15, 0.2) is 0 Å². The first kappa shape index (κ1) is 20.0. The van der Waals surface area contributed by atoms with Crippen LogP contribution in [0.1, 0.15) is 23.7 Å². The molecular weight excluding hydrogens is 355 g/mol. The van der Waals surface area contributed by atoms with E-state index in [0.717, 1.165) is 7.11 Å². The first-order valence-electron chi connectivity index (χ1n) is 8.05. The van der Waals surface area contributed by atoms with Gasteiger partial charge in [-0.3, -0.25) is 15.0 Å². The number of hydrogen-bond acceptors (Lipinski definition) is 6. The summed E-state index contributed by atoms with van der Waals surface area (Å²) in [5.74, 6) is -0.798. The summed E-state index contributed by atoms with van der Waals surface area (Å²) in [7, 11) is 1.14. The Labute approximate surface area is 148 Å². The summed E-state index contributed by atoms with van der Waals surface area (Å²) in [6.07, 6.45) is -5.06. The average Bonchev–Trinajstić information content (AvgIpc) is 2.58. The van der Waals surface area contributed by atoms with Gasteiger partial charge in [0.05, 0.1) is 18.5 Å². The third kappa shape index (κ3) is 4.84. The molecule has 1 aromatic rings. The van der Waals surface area contributed by atoms with Crippen molar-refractivity contribution < 1.29 is 27.6 Å². The Hall–Kier alpha value is -2.36. The quantitative estimate of drug-likeness (QED) is 0.448. The molecular formula is C16H20F3N3O4. The van der Waals surface area contributed by atoms with Gasteiger partial charge in [-0.05, 0) is 19.1 Å². The molecule has 2 rings (SSSR count). The number of nitro groups is 1.